The van der Waals surface area contributed by atoms with Crippen molar-refractivity contribution in [1.82, 2.24) is 9.80 Å². The molecule has 4 heteroatoms. The summed E-state index contributed by atoms with van der Waals surface area (Å²) in [4.78, 5) is 17.0. The average Bonchev–Trinajstić information content (AvgIpc) is 2.37. The van der Waals surface area contributed by atoms with Crippen LogP contribution in [-0.2, 0) is 4.79 Å². The molecule has 0 spiro atoms. The topological polar surface area (TPSA) is 49.6 Å². The number of amides is 1. The minimum Gasteiger partial charge on any atom is -0.340 e. The van der Waals surface area contributed by atoms with Crippen LogP contribution in [0.25, 0.3) is 0 Å². The molecule has 0 aromatic rings. The first-order chi connectivity index (χ1) is 8.88. The molecule has 0 bridgehead atoms. The van der Waals surface area contributed by atoms with Gasteiger partial charge in [-0.15, -0.1) is 0 Å². The number of nitrogens with two attached hydrogens (primary N) is 1. The number of rotatable bonds is 1. The van der Waals surface area contributed by atoms with Crippen molar-refractivity contribution >= 4 is 5.91 Å². The molecule has 0 radical (unpaired) electrons. The lowest BCUT2D eigenvalue weighted by Gasteiger charge is -2.43. The van der Waals surface area contributed by atoms with E-state index in [9.17, 15) is 4.79 Å². The molecule has 1 heterocycles. The van der Waals surface area contributed by atoms with Gasteiger partial charge in [0, 0.05) is 43.7 Å². The van der Waals surface area contributed by atoms with Crippen molar-refractivity contribution in [3.05, 3.63) is 0 Å². The maximum Gasteiger partial charge on any atom is 0.225 e. The van der Waals surface area contributed by atoms with Crippen LogP contribution < -0.4 is 5.73 Å². The Hall–Kier alpha value is -0.610. The van der Waals surface area contributed by atoms with Gasteiger partial charge in [0.2, 0.25) is 5.91 Å². The van der Waals surface area contributed by atoms with Gasteiger partial charge < -0.3 is 10.6 Å². The van der Waals surface area contributed by atoms with Gasteiger partial charge in [-0.3, -0.25) is 9.69 Å². The Morgan fingerprint density at radius 1 is 1.11 bits per heavy atom. The van der Waals surface area contributed by atoms with E-state index in [2.05, 4.69) is 30.6 Å². The summed E-state index contributed by atoms with van der Waals surface area (Å²) >= 11 is 0. The van der Waals surface area contributed by atoms with Crippen LogP contribution in [0.5, 0.6) is 0 Å². The van der Waals surface area contributed by atoms with Crippen molar-refractivity contribution < 1.29 is 4.79 Å². The Balaban J connectivity index is 1.85. The summed E-state index contributed by atoms with van der Waals surface area (Å²) in [6.45, 7) is 10.5. The van der Waals surface area contributed by atoms with Crippen molar-refractivity contribution in [2.45, 2.75) is 58.0 Å². The van der Waals surface area contributed by atoms with E-state index in [0.717, 1.165) is 51.9 Å². The number of carbonyl (C=O) groups is 1. The van der Waals surface area contributed by atoms with Gasteiger partial charge in [-0.05, 0) is 40.0 Å². The highest BCUT2D eigenvalue weighted by Gasteiger charge is 2.32. The molecule has 4 nitrogen and oxygen atoms in total. The number of carbonyl (C=O) groups excluding carboxylic acids is 1. The van der Waals surface area contributed by atoms with Crippen LogP contribution in [0.1, 0.15) is 46.5 Å². The van der Waals surface area contributed by atoms with E-state index in [4.69, 9.17) is 5.73 Å². The second kappa shape index (κ2) is 5.80. The minimum absolute atomic E-state index is 0.185. The zero-order valence-corrected chi connectivity index (χ0v) is 12.7. The standard InChI is InChI=1S/C15H29N3O/c1-15(2,3)18-9-7-17(8-10-18)14(19)12-5-4-6-13(16)11-12/h12-13H,4-11,16H2,1-3H3. The molecule has 2 aliphatic rings. The Bertz CT molecular complexity index is 316. The first-order valence-corrected chi connectivity index (χ1v) is 7.67. The van der Waals surface area contributed by atoms with Crippen LogP contribution in [-0.4, -0.2) is 53.5 Å². The van der Waals surface area contributed by atoms with Gasteiger partial charge in [-0.1, -0.05) is 6.42 Å². The largest absolute Gasteiger partial charge is 0.340 e. The van der Waals surface area contributed by atoms with E-state index in [0.29, 0.717) is 5.91 Å². The summed E-state index contributed by atoms with van der Waals surface area (Å²) < 4.78 is 0. The molecule has 2 unspecified atom stereocenters. The first-order valence-electron chi connectivity index (χ1n) is 7.67. The molecule has 1 aliphatic heterocycles. The zero-order valence-electron chi connectivity index (χ0n) is 12.7. The normalized spacial score (nSPS) is 30.4. The highest BCUT2D eigenvalue weighted by atomic mass is 16.2. The van der Waals surface area contributed by atoms with Gasteiger partial charge in [-0.25, -0.2) is 0 Å². The van der Waals surface area contributed by atoms with E-state index in [1.54, 1.807) is 0 Å². The summed E-state index contributed by atoms with van der Waals surface area (Å²) in [7, 11) is 0. The fourth-order valence-corrected chi connectivity index (χ4v) is 3.31. The molecular formula is C15H29N3O. The van der Waals surface area contributed by atoms with Gasteiger partial charge in [0.15, 0.2) is 0 Å². The van der Waals surface area contributed by atoms with E-state index < -0.39 is 0 Å². The molecule has 1 saturated heterocycles. The monoisotopic (exact) mass is 267 g/mol. The third-order valence-corrected chi connectivity index (χ3v) is 4.60. The molecule has 2 N–H and O–H groups in total. The van der Waals surface area contributed by atoms with Gasteiger partial charge in [0.05, 0.1) is 0 Å². The quantitative estimate of drug-likeness (QED) is 0.782. The number of piperazine rings is 1. The fourth-order valence-electron chi connectivity index (χ4n) is 3.31. The molecule has 19 heavy (non-hydrogen) atoms. The second-order valence-corrected chi connectivity index (χ2v) is 7.11. The molecule has 1 amide bonds. The highest BCUT2D eigenvalue weighted by Crippen LogP contribution is 2.26. The number of hydrogen-bond acceptors (Lipinski definition) is 3. The van der Waals surface area contributed by atoms with Crippen molar-refractivity contribution in [3.63, 3.8) is 0 Å². The molecule has 1 aliphatic carbocycles. The van der Waals surface area contributed by atoms with Gasteiger partial charge in [-0.2, -0.15) is 0 Å². The lowest BCUT2D eigenvalue weighted by atomic mass is 9.85. The van der Waals surface area contributed by atoms with Crippen LogP contribution in [0.15, 0.2) is 0 Å². The molecule has 110 valence electrons. The van der Waals surface area contributed by atoms with Gasteiger partial charge in [0.25, 0.3) is 0 Å². The zero-order chi connectivity index (χ0) is 14.0. The Morgan fingerprint density at radius 2 is 1.74 bits per heavy atom. The summed E-state index contributed by atoms with van der Waals surface area (Å²) in [6, 6.07) is 0.235. The summed E-state index contributed by atoms with van der Waals surface area (Å²) in [5, 5.41) is 0. The van der Waals surface area contributed by atoms with E-state index in [1.165, 1.54) is 0 Å². The average molecular weight is 267 g/mol. The Kier molecular flexibility index (Phi) is 4.51. The van der Waals surface area contributed by atoms with Gasteiger partial charge >= 0.3 is 0 Å². The van der Waals surface area contributed by atoms with Crippen molar-refractivity contribution in [3.8, 4) is 0 Å². The van der Waals surface area contributed by atoms with Crippen LogP contribution in [0.3, 0.4) is 0 Å². The van der Waals surface area contributed by atoms with Crippen molar-refractivity contribution in [2.24, 2.45) is 11.7 Å². The predicted molar refractivity (Wildman–Crippen MR) is 77.8 cm³/mol. The first kappa shape index (κ1) is 14.8. The Labute approximate surface area is 117 Å². The third-order valence-electron chi connectivity index (χ3n) is 4.60. The summed E-state index contributed by atoms with van der Waals surface area (Å²) in [5.41, 5.74) is 6.20. The molecular weight excluding hydrogens is 238 g/mol. The molecule has 0 aromatic carbocycles. The van der Waals surface area contributed by atoms with E-state index >= 15 is 0 Å². The van der Waals surface area contributed by atoms with Gasteiger partial charge in [0.1, 0.15) is 0 Å². The fraction of sp³-hybridized carbons (Fsp3) is 0.933. The van der Waals surface area contributed by atoms with Crippen LogP contribution in [0.4, 0.5) is 0 Å². The lowest BCUT2D eigenvalue weighted by Crippen LogP contribution is -2.55. The summed E-state index contributed by atoms with van der Waals surface area (Å²) in [6.07, 6.45) is 4.12. The highest BCUT2D eigenvalue weighted by molar-refractivity contribution is 5.79. The summed E-state index contributed by atoms with van der Waals surface area (Å²) in [5.74, 6) is 0.536. The Morgan fingerprint density at radius 3 is 2.26 bits per heavy atom. The molecule has 1 saturated carbocycles. The second-order valence-electron chi connectivity index (χ2n) is 7.11. The molecule has 2 atom stereocenters. The SMILES string of the molecule is CC(C)(C)N1CCN(C(=O)C2CCCC(N)C2)CC1. The van der Waals surface area contributed by atoms with E-state index in [1.807, 2.05) is 0 Å². The number of nitrogens with zero attached hydrogens (tertiary/aromatic N) is 2. The number of hydrogen-bond donors (Lipinski definition) is 1. The van der Waals surface area contributed by atoms with Crippen molar-refractivity contribution in [1.29, 1.82) is 0 Å². The predicted octanol–water partition coefficient (Wildman–Crippen LogP) is 1.45. The van der Waals surface area contributed by atoms with Crippen LogP contribution >= 0.6 is 0 Å². The minimum atomic E-state index is 0.185. The third kappa shape index (κ3) is 3.69. The molecule has 2 rings (SSSR count). The van der Waals surface area contributed by atoms with Crippen LogP contribution in [0, 0.1) is 5.92 Å². The lowest BCUT2D eigenvalue weighted by molar-refractivity contribution is -0.139. The molecule has 0 aromatic heterocycles. The van der Waals surface area contributed by atoms with Crippen LogP contribution in [0.2, 0.25) is 0 Å². The van der Waals surface area contributed by atoms with E-state index in [-0.39, 0.29) is 17.5 Å². The smallest absolute Gasteiger partial charge is 0.225 e. The maximum absolute atomic E-state index is 12.5. The van der Waals surface area contributed by atoms with Crippen molar-refractivity contribution in [2.75, 3.05) is 26.2 Å². The molecule has 2 fully saturated rings. The maximum atomic E-state index is 12.5.